The van der Waals surface area contributed by atoms with Gasteiger partial charge in [0.2, 0.25) is 18.1 Å². The Balaban J connectivity index is 1.44. The van der Waals surface area contributed by atoms with E-state index in [1.165, 1.54) is 5.56 Å². The first-order chi connectivity index (χ1) is 18.1. The van der Waals surface area contributed by atoms with Gasteiger partial charge in [-0.05, 0) is 42.5 Å². The van der Waals surface area contributed by atoms with E-state index in [1.54, 1.807) is 7.11 Å². The van der Waals surface area contributed by atoms with E-state index in [4.69, 9.17) is 4.74 Å². The largest absolute Gasteiger partial charge is 0.495 e. The van der Waals surface area contributed by atoms with Crippen LogP contribution in [-0.4, -0.2) is 43.5 Å². The van der Waals surface area contributed by atoms with Crippen LogP contribution in [0.3, 0.4) is 0 Å². The Morgan fingerprint density at radius 1 is 1.00 bits per heavy atom. The maximum Gasteiger partial charge on any atom is 0.225 e. The molecule has 2 N–H and O–H groups in total. The Hall–Kier alpha value is -4.31. The quantitative estimate of drug-likeness (QED) is 0.268. The van der Waals surface area contributed by atoms with Crippen LogP contribution >= 0.6 is 0 Å². The van der Waals surface area contributed by atoms with Crippen LogP contribution < -0.4 is 15.4 Å². The second kappa shape index (κ2) is 12.6. The second-order valence-corrected chi connectivity index (χ2v) is 9.26. The molecule has 0 unspecified atom stereocenters. The van der Waals surface area contributed by atoms with E-state index in [0.717, 1.165) is 24.8 Å². The van der Waals surface area contributed by atoms with Crippen molar-refractivity contribution in [2.75, 3.05) is 32.1 Å². The summed E-state index contributed by atoms with van der Waals surface area (Å²) >= 11 is 0. The van der Waals surface area contributed by atoms with Crippen molar-refractivity contribution in [1.82, 2.24) is 10.2 Å². The Morgan fingerprint density at radius 3 is 2.32 bits per heavy atom. The number of methoxy groups -OCH3 is 1. The van der Waals surface area contributed by atoms with Gasteiger partial charge >= 0.3 is 0 Å². The molecule has 0 saturated carbocycles. The number of rotatable bonds is 8. The van der Waals surface area contributed by atoms with E-state index < -0.39 is 0 Å². The zero-order valence-electron chi connectivity index (χ0n) is 21.2. The number of hydrogen-bond acceptors (Lipinski definition) is 4. The molecule has 1 amide bonds. The standard InChI is InChI=1S/C30H33N5O2/c1-37-27-15-9-8-14-26(27)34-28(36)22-30(25-12-6-3-7-13-25)17-20-35(21-18-30)29(33-23-31)32-19-16-24-10-4-2-5-11-24/h2-15H,16-22H2,1H3,(H,32,33)(H,34,36). The van der Waals surface area contributed by atoms with E-state index in [9.17, 15) is 10.1 Å². The Morgan fingerprint density at radius 2 is 1.65 bits per heavy atom. The van der Waals surface area contributed by atoms with Crippen molar-refractivity contribution in [2.24, 2.45) is 4.99 Å². The van der Waals surface area contributed by atoms with Crippen molar-refractivity contribution in [1.29, 1.82) is 5.26 Å². The van der Waals surface area contributed by atoms with Crippen LogP contribution in [0.2, 0.25) is 0 Å². The van der Waals surface area contributed by atoms with Crippen molar-refractivity contribution < 1.29 is 9.53 Å². The molecule has 3 aromatic rings. The van der Waals surface area contributed by atoms with Crippen LogP contribution in [0.5, 0.6) is 5.75 Å². The molecule has 0 bridgehead atoms. The first-order valence-corrected chi connectivity index (χ1v) is 12.6. The van der Waals surface area contributed by atoms with Gasteiger partial charge in [-0.1, -0.05) is 72.8 Å². The number of nitrogens with one attached hydrogen (secondary N) is 2. The van der Waals surface area contributed by atoms with E-state index in [1.807, 2.05) is 66.9 Å². The molecule has 0 aromatic heterocycles. The molecule has 1 aliphatic heterocycles. The van der Waals surface area contributed by atoms with Crippen LogP contribution in [0.1, 0.15) is 30.4 Å². The van der Waals surface area contributed by atoms with Crippen LogP contribution in [0, 0.1) is 11.5 Å². The number of hydrogen-bond donors (Lipinski definition) is 2. The number of nitriles is 1. The number of carbonyl (C=O) groups excluding carboxylic acids is 1. The number of amides is 1. The van der Waals surface area contributed by atoms with Crippen molar-refractivity contribution in [3.05, 3.63) is 96.1 Å². The van der Waals surface area contributed by atoms with Gasteiger partial charge in [0.15, 0.2) is 0 Å². The van der Waals surface area contributed by atoms with Gasteiger partial charge in [0.25, 0.3) is 0 Å². The van der Waals surface area contributed by atoms with E-state index in [-0.39, 0.29) is 11.3 Å². The lowest BCUT2D eigenvalue weighted by Crippen LogP contribution is -2.50. The molecule has 0 atom stereocenters. The number of carbonyl (C=O) groups is 1. The van der Waals surface area contributed by atoms with Crippen LogP contribution in [0.15, 0.2) is 89.9 Å². The summed E-state index contributed by atoms with van der Waals surface area (Å²) < 4.78 is 5.40. The third-order valence-electron chi connectivity index (χ3n) is 6.98. The number of anilines is 1. The Labute approximate surface area is 218 Å². The normalized spacial score (nSPS) is 14.9. The molecule has 0 spiro atoms. The highest BCUT2D eigenvalue weighted by molar-refractivity contribution is 5.93. The van der Waals surface area contributed by atoms with E-state index in [2.05, 4.69) is 44.8 Å². The minimum atomic E-state index is -0.314. The number of guanidine groups is 1. The van der Waals surface area contributed by atoms with Crippen molar-refractivity contribution >= 4 is 17.6 Å². The maximum atomic E-state index is 13.3. The molecule has 1 fully saturated rings. The van der Waals surface area contributed by atoms with Gasteiger partial charge in [-0.15, -0.1) is 4.99 Å². The van der Waals surface area contributed by atoms with Crippen molar-refractivity contribution in [2.45, 2.75) is 31.1 Å². The fourth-order valence-corrected chi connectivity index (χ4v) is 4.99. The average molecular weight is 496 g/mol. The minimum absolute atomic E-state index is 0.0475. The number of piperidine rings is 1. The lowest BCUT2D eigenvalue weighted by Gasteiger charge is -2.43. The molecular formula is C30H33N5O2. The number of benzene rings is 3. The first-order valence-electron chi connectivity index (χ1n) is 12.6. The summed E-state index contributed by atoms with van der Waals surface area (Å²) in [6.45, 7) is 2.07. The van der Waals surface area contributed by atoms with Crippen LogP contribution in [0.4, 0.5) is 5.69 Å². The fourth-order valence-electron chi connectivity index (χ4n) is 4.99. The molecule has 1 aliphatic rings. The van der Waals surface area contributed by atoms with E-state index in [0.29, 0.717) is 43.5 Å². The highest BCUT2D eigenvalue weighted by Gasteiger charge is 2.39. The first kappa shape index (κ1) is 25.8. The average Bonchev–Trinajstić information content (AvgIpc) is 2.94. The molecule has 190 valence electrons. The predicted octanol–water partition coefficient (Wildman–Crippen LogP) is 4.73. The molecule has 3 aromatic carbocycles. The van der Waals surface area contributed by atoms with Crippen LogP contribution in [0.25, 0.3) is 0 Å². The number of aliphatic imine (C=N–C) groups is 1. The zero-order valence-corrected chi connectivity index (χ0v) is 21.2. The maximum absolute atomic E-state index is 13.3. The fraction of sp³-hybridized carbons (Fsp3) is 0.300. The summed E-state index contributed by atoms with van der Waals surface area (Å²) in [6.07, 6.45) is 4.67. The van der Waals surface area contributed by atoms with Gasteiger partial charge in [-0.3, -0.25) is 4.79 Å². The third-order valence-corrected chi connectivity index (χ3v) is 6.98. The summed E-state index contributed by atoms with van der Waals surface area (Å²) in [5.74, 6) is 1.19. The predicted molar refractivity (Wildman–Crippen MR) is 146 cm³/mol. The van der Waals surface area contributed by atoms with Gasteiger partial charge < -0.3 is 20.3 Å². The van der Waals surface area contributed by atoms with E-state index >= 15 is 0 Å². The monoisotopic (exact) mass is 495 g/mol. The minimum Gasteiger partial charge on any atom is -0.495 e. The number of para-hydroxylation sites is 2. The molecule has 7 heteroatoms. The smallest absolute Gasteiger partial charge is 0.225 e. The van der Waals surface area contributed by atoms with Crippen molar-refractivity contribution in [3.63, 3.8) is 0 Å². The molecule has 1 heterocycles. The molecule has 7 nitrogen and oxygen atoms in total. The summed E-state index contributed by atoms with van der Waals surface area (Å²) in [5.41, 5.74) is 2.74. The highest BCUT2D eigenvalue weighted by Crippen LogP contribution is 2.39. The molecule has 0 aliphatic carbocycles. The Bertz CT molecular complexity index is 1230. The lowest BCUT2D eigenvalue weighted by atomic mass is 9.70. The molecular weight excluding hydrogens is 462 g/mol. The number of ether oxygens (including phenoxy) is 1. The third kappa shape index (κ3) is 6.68. The van der Waals surface area contributed by atoms with Crippen molar-refractivity contribution in [3.8, 4) is 11.9 Å². The molecule has 4 rings (SSSR count). The van der Waals surface area contributed by atoms with Gasteiger partial charge in [-0.2, -0.15) is 5.26 Å². The summed E-state index contributed by atoms with van der Waals surface area (Å²) in [6, 6.07) is 27.9. The SMILES string of the molecule is COc1ccccc1NC(=O)CC1(c2ccccc2)CCN(/C(=N/C#N)NCCc2ccccc2)CC1. The number of nitrogens with zero attached hydrogens (tertiary/aromatic N) is 3. The summed E-state index contributed by atoms with van der Waals surface area (Å²) in [7, 11) is 1.60. The number of likely N-dealkylation sites (tertiary alicyclic amines) is 1. The van der Waals surface area contributed by atoms with Gasteiger partial charge in [0, 0.05) is 31.5 Å². The second-order valence-electron chi connectivity index (χ2n) is 9.26. The molecule has 0 radical (unpaired) electrons. The topological polar surface area (TPSA) is 89.8 Å². The highest BCUT2D eigenvalue weighted by atomic mass is 16.5. The summed E-state index contributed by atoms with van der Waals surface area (Å²) in [4.78, 5) is 19.5. The van der Waals surface area contributed by atoms with Crippen LogP contribution in [-0.2, 0) is 16.6 Å². The lowest BCUT2D eigenvalue weighted by molar-refractivity contribution is -0.117. The van der Waals surface area contributed by atoms with Gasteiger partial charge in [-0.25, -0.2) is 0 Å². The summed E-state index contributed by atoms with van der Waals surface area (Å²) in [5, 5.41) is 15.7. The molecule has 1 saturated heterocycles. The molecule has 37 heavy (non-hydrogen) atoms. The zero-order chi connectivity index (χ0) is 25.9. The van der Waals surface area contributed by atoms with Gasteiger partial charge in [0.1, 0.15) is 5.75 Å². The Kier molecular flexibility index (Phi) is 8.77. The van der Waals surface area contributed by atoms with Gasteiger partial charge in [0.05, 0.1) is 12.8 Å².